The van der Waals surface area contributed by atoms with Gasteiger partial charge in [-0.25, -0.2) is 4.99 Å². The summed E-state index contributed by atoms with van der Waals surface area (Å²) in [5.74, 6) is -0.113. The van der Waals surface area contributed by atoms with Gasteiger partial charge in [-0.2, -0.15) is 0 Å². The lowest BCUT2D eigenvalue weighted by Gasteiger charge is -2.30. The number of hydrogen-bond acceptors (Lipinski definition) is 6. The molecule has 5 rings (SSSR count). The molecule has 166 valence electrons. The van der Waals surface area contributed by atoms with Gasteiger partial charge in [0.05, 0.1) is 44.5 Å². The number of para-hydroxylation sites is 1. The van der Waals surface area contributed by atoms with Crippen molar-refractivity contribution in [2.45, 2.75) is 0 Å². The molecule has 2 aromatic carbocycles. The van der Waals surface area contributed by atoms with E-state index in [0.29, 0.717) is 63.1 Å². The van der Waals surface area contributed by atoms with E-state index in [1.54, 1.807) is 34.1 Å². The molecule has 3 aliphatic rings. The molecule has 2 amide bonds. The zero-order chi connectivity index (χ0) is 21.9. The van der Waals surface area contributed by atoms with Crippen LogP contribution in [0.3, 0.4) is 0 Å². The SMILES string of the molecule is O=C(c1ccc(N=C2C(=O)N(CN3CCOCC3)c3ccccc32)cc1)N1CCOCC1. The highest BCUT2D eigenvalue weighted by Crippen LogP contribution is 2.31. The van der Waals surface area contributed by atoms with E-state index in [-0.39, 0.29) is 11.8 Å². The number of anilines is 1. The molecule has 2 fully saturated rings. The first kappa shape index (κ1) is 20.8. The Kier molecular flexibility index (Phi) is 5.98. The van der Waals surface area contributed by atoms with Crippen molar-refractivity contribution >= 4 is 28.9 Å². The Morgan fingerprint density at radius 3 is 2.25 bits per heavy atom. The van der Waals surface area contributed by atoms with Crippen molar-refractivity contribution in [2.75, 3.05) is 64.2 Å². The first-order chi connectivity index (χ1) is 15.7. The van der Waals surface area contributed by atoms with Crippen LogP contribution in [0, 0.1) is 0 Å². The maximum absolute atomic E-state index is 13.3. The highest BCUT2D eigenvalue weighted by molar-refractivity contribution is 6.54. The molecule has 0 radical (unpaired) electrons. The van der Waals surface area contributed by atoms with Gasteiger partial charge in [0.25, 0.3) is 11.8 Å². The molecule has 0 atom stereocenters. The summed E-state index contributed by atoms with van der Waals surface area (Å²) in [7, 11) is 0. The summed E-state index contributed by atoms with van der Waals surface area (Å²) < 4.78 is 10.7. The lowest BCUT2D eigenvalue weighted by molar-refractivity contribution is -0.112. The number of morpholine rings is 2. The van der Waals surface area contributed by atoms with Crippen molar-refractivity contribution in [1.29, 1.82) is 0 Å². The second kappa shape index (κ2) is 9.20. The fraction of sp³-hybridized carbons (Fsp3) is 0.375. The molecule has 8 nitrogen and oxygen atoms in total. The third-order valence-corrected chi connectivity index (χ3v) is 6.00. The molecule has 0 spiro atoms. The van der Waals surface area contributed by atoms with Crippen molar-refractivity contribution in [2.24, 2.45) is 4.99 Å². The van der Waals surface area contributed by atoms with Gasteiger partial charge in [0.1, 0.15) is 5.71 Å². The summed E-state index contributed by atoms with van der Waals surface area (Å²) in [6.07, 6.45) is 0. The van der Waals surface area contributed by atoms with Crippen molar-refractivity contribution in [3.63, 3.8) is 0 Å². The van der Waals surface area contributed by atoms with Crippen molar-refractivity contribution in [3.05, 3.63) is 59.7 Å². The molecule has 3 heterocycles. The number of ether oxygens (including phenoxy) is 2. The Morgan fingerprint density at radius 1 is 0.875 bits per heavy atom. The summed E-state index contributed by atoms with van der Waals surface area (Å²) in [5, 5.41) is 0. The standard InChI is InChI=1S/C24H26N4O4/c29-23(27-11-15-32-16-12-27)18-5-7-19(8-6-18)25-22-20-3-1-2-4-21(20)28(24(22)30)17-26-9-13-31-14-10-26/h1-8H,9-17H2. The second-order valence-corrected chi connectivity index (χ2v) is 8.03. The number of hydrogen-bond donors (Lipinski definition) is 0. The number of rotatable bonds is 4. The smallest absolute Gasteiger partial charge is 0.278 e. The molecule has 32 heavy (non-hydrogen) atoms. The monoisotopic (exact) mass is 434 g/mol. The first-order valence-corrected chi connectivity index (χ1v) is 11.0. The number of aliphatic imine (C=N–C) groups is 1. The zero-order valence-corrected chi connectivity index (χ0v) is 17.9. The average molecular weight is 434 g/mol. The summed E-state index contributed by atoms with van der Waals surface area (Å²) in [6.45, 7) is 5.83. The molecular formula is C24H26N4O4. The Morgan fingerprint density at radius 2 is 1.53 bits per heavy atom. The van der Waals surface area contributed by atoms with E-state index >= 15 is 0 Å². The van der Waals surface area contributed by atoms with Gasteiger partial charge in [-0.15, -0.1) is 0 Å². The minimum absolute atomic E-state index is 0.00789. The van der Waals surface area contributed by atoms with Gasteiger partial charge in [-0.3, -0.25) is 19.4 Å². The van der Waals surface area contributed by atoms with Crippen LogP contribution in [0.1, 0.15) is 15.9 Å². The third kappa shape index (κ3) is 4.17. The Labute approximate surface area is 187 Å². The van der Waals surface area contributed by atoms with Crippen LogP contribution in [0.25, 0.3) is 0 Å². The van der Waals surface area contributed by atoms with Gasteiger partial charge in [0.2, 0.25) is 0 Å². The van der Waals surface area contributed by atoms with Gasteiger partial charge in [0.15, 0.2) is 0 Å². The summed E-state index contributed by atoms with van der Waals surface area (Å²) >= 11 is 0. The summed E-state index contributed by atoms with van der Waals surface area (Å²) in [5.41, 5.74) is 3.40. The van der Waals surface area contributed by atoms with E-state index in [2.05, 4.69) is 9.89 Å². The van der Waals surface area contributed by atoms with Crippen LogP contribution < -0.4 is 4.90 Å². The summed E-state index contributed by atoms with van der Waals surface area (Å²) in [4.78, 5) is 36.4. The zero-order valence-electron chi connectivity index (χ0n) is 17.9. The lowest BCUT2D eigenvalue weighted by atomic mass is 10.1. The van der Waals surface area contributed by atoms with E-state index in [9.17, 15) is 9.59 Å². The number of fused-ring (bicyclic) bond motifs is 1. The summed E-state index contributed by atoms with van der Waals surface area (Å²) in [6, 6.07) is 14.9. The molecule has 3 aliphatic heterocycles. The normalized spacial score (nSPS) is 20.6. The molecule has 8 heteroatoms. The number of carbonyl (C=O) groups is 2. The molecule has 0 N–H and O–H groups in total. The van der Waals surface area contributed by atoms with Crippen LogP contribution in [-0.4, -0.2) is 86.6 Å². The fourth-order valence-corrected chi connectivity index (χ4v) is 4.21. The van der Waals surface area contributed by atoms with Crippen LogP contribution >= 0.6 is 0 Å². The van der Waals surface area contributed by atoms with Crippen molar-refractivity contribution in [1.82, 2.24) is 9.80 Å². The maximum atomic E-state index is 13.3. The molecule has 0 unspecified atom stereocenters. The predicted octanol–water partition coefficient (Wildman–Crippen LogP) is 1.92. The topological polar surface area (TPSA) is 74.7 Å². The lowest BCUT2D eigenvalue weighted by Crippen LogP contribution is -2.45. The molecule has 0 saturated carbocycles. The highest BCUT2D eigenvalue weighted by atomic mass is 16.5. The van der Waals surface area contributed by atoms with Gasteiger partial charge in [-0.1, -0.05) is 18.2 Å². The Hall–Kier alpha value is -3.07. The molecular weight excluding hydrogens is 408 g/mol. The van der Waals surface area contributed by atoms with Crippen molar-refractivity contribution in [3.8, 4) is 0 Å². The molecule has 2 aromatic rings. The van der Waals surface area contributed by atoms with Gasteiger partial charge >= 0.3 is 0 Å². The van der Waals surface area contributed by atoms with Crippen LogP contribution in [0.15, 0.2) is 53.5 Å². The van der Waals surface area contributed by atoms with Crippen LogP contribution in [-0.2, 0) is 14.3 Å². The van der Waals surface area contributed by atoms with E-state index in [4.69, 9.17) is 9.47 Å². The van der Waals surface area contributed by atoms with E-state index in [1.165, 1.54) is 0 Å². The van der Waals surface area contributed by atoms with Gasteiger partial charge in [0, 0.05) is 37.3 Å². The number of nitrogens with zero attached hydrogens (tertiary/aromatic N) is 4. The predicted molar refractivity (Wildman–Crippen MR) is 121 cm³/mol. The minimum Gasteiger partial charge on any atom is -0.379 e. The number of benzene rings is 2. The molecule has 0 aromatic heterocycles. The quantitative estimate of drug-likeness (QED) is 0.735. The first-order valence-electron chi connectivity index (χ1n) is 11.0. The van der Waals surface area contributed by atoms with Gasteiger partial charge in [-0.05, 0) is 30.3 Å². The maximum Gasteiger partial charge on any atom is 0.278 e. The van der Waals surface area contributed by atoms with E-state index in [0.717, 1.165) is 24.3 Å². The van der Waals surface area contributed by atoms with Crippen LogP contribution in [0.4, 0.5) is 11.4 Å². The Bertz CT molecular complexity index is 1020. The van der Waals surface area contributed by atoms with E-state index < -0.39 is 0 Å². The molecule has 0 bridgehead atoms. The number of amides is 2. The molecule has 2 saturated heterocycles. The van der Waals surface area contributed by atoms with Crippen molar-refractivity contribution < 1.29 is 19.1 Å². The average Bonchev–Trinajstić information content (AvgIpc) is 3.11. The Balaban J connectivity index is 1.37. The fourth-order valence-electron chi connectivity index (χ4n) is 4.21. The second-order valence-electron chi connectivity index (χ2n) is 8.03. The molecule has 0 aliphatic carbocycles. The van der Waals surface area contributed by atoms with Crippen LogP contribution in [0.2, 0.25) is 0 Å². The highest BCUT2D eigenvalue weighted by Gasteiger charge is 2.34. The largest absolute Gasteiger partial charge is 0.379 e. The van der Waals surface area contributed by atoms with Gasteiger partial charge < -0.3 is 14.4 Å². The third-order valence-electron chi connectivity index (χ3n) is 6.00. The minimum atomic E-state index is -0.105. The van der Waals surface area contributed by atoms with E-state index in [1.807, 2.05) is 24.3 Å². The number of carbonyl (C=O) groups excluding carboxylic acids is 2. The van der Waals surface area contributed by atoms with Crippen LogP contribution in [0.5, 0.6) is 0 Å².